The third kappa shape index (κ3) is 2.82. The van der Waals surface area contributed by atoms with Crippen LogP contribution in [0.1, 0.15) is 17.9 Å². The fraction of sp³-hybridized carbons (Fsp3) is 0.417. The number of halogens is 1. The van der Waals surface area contributed by atoms with E-state index in [0.29, 0.717) is 22.8 Å². The number of carbonyl (C=O) groups is 1. The molecule has 0 saturated carbocycles. The first-order valence-electron chi connectivity index (χ1n) is 4.99. The predicted molar refractivity (Wildman–Crippen MR) is 65.4 cm³/mol. The summed E-state index contributed by atoms with van der Waals surface area (Å²) in [5.41, 5.74) is 0.569. The standard InChI is InChI=1S/C12H15ClO4/c1-7(14)12(13)8-5-10(16-3)11(17-4)6-9(8)15-2/h5-6,12H,1-4H3. The first kappa shape index (κ1) is 13.6. The van der Waals surface area contributed by atoms with E-state index in [1.165, 1.54) is 28.3 Å². The molecule has 0 aliphatic heterocycles. The average molecular weight is 259 g/mol. The van der Waals surface area contributed by atoms with Crippen LogP contribution in [0.5, 0.6) is 17.2 Å². The molecule has 5 heteroatoms. The second-order valence-electron chi connectivity index (χ2n) is 3.42. The fourth-order valence-corrected chi connectivity index (χ4v) is 1.64. The van der Waals surface area contributed by atoms with E-state index in [2.05, 4.69) is 0 Å². The van der Waals surface area contributed by atoms with Crippen LogP contribution < -0.4 is 14.2 Å². The molecule has 0 N–H and O–H groups in total. The summed E-state index contributed by atoms with van der Waals surface area (Å²) in [6.45, 7) is 1.42. The van der Waals surface area contributed by atoms with Crippen LogP contribution in [0.15, 0.2) is 12.1 Å². The monoisotopic (exact) mass is 258 g/mol. The molecule has 1 aromatic rings. The van der Waals surface area contributed by atoms with Crippen molar-refractivity contribution < 1.29 is 19.0 Å². The molecule has 1 rings (SSSR count). The number of hydrogen-bond donors (Lipinski definition) is 0. The minimum Gasteiger partial charge on any atom is -0.496 e. The number of ether oxygens (including phenoxy) is 3. The van der Waals surface area contributed by atoms with Gasteiger partial charge in [0, 0.05) is 11.6 Å². The van der Waals surface area contributed by atoms with E-state index in [0.717, 1.165) is 0 Å². The predicted octanol–water partition coefficient (Wildman–Crippen LogP) is 2.58. The molecule has 1 aromatic carbocycles. The van der Waals surface area contributed by atoms with Crippen molar-refractivity contribution in [3.05, 3.63) is 17.7 Å². The second kappa shape index (κ2) is 5.77. The molecule has 0 aliphatic carbocycles. The van der Waals surface area contributed by atoms with Gasteiger partial charge in [0.25, 0.3) is 0 Å². The first-order valence-corrected chi connectivity index (χ1v) is 5.43. The molecule has 0 aromatic heterocycles. The highest BCUT2D eigenvalue weighted by molar-refractivity contribution is 6.31. The number of Topliss-reactive ketones (excluding diaryl/α,β-unsaturated/α-hetero) is 1. The van der Waals surface area contributed by atoms with Crippen molar-refractivity contribution in [3.63, 3.8) is 0 Å². The SMILES string of the molecule is COc1cc(OC)c(C(Cl)C(C)=O)cc1OC. The van der Waals surface area contributed by atoms with E-state index in [9.17, 15) is 4.79 Å². The highest BCUT2D eigenvalue weighted by atomic mass is 35.5. The smallest absolute Gasteiger partial charge is 0.164 e. The third-order valence-electron chi connectivity index (χ3n) is 2.37. The number of methoxy groups -OCH3 is 3. The van der Waals surface area contributed by atoms with Crippen LogP contribution in [0.4, 0.5) is 0 Å². The quantitative estimate of drug-likeness (QED) is 0.762. The van der Waals surface area contributed by atoms with Crippen LogP contribution in [0.3, 0.4) is 0 Å². The Morgan fingerprint density at radius 3 is 1.94 bits per heavy atom. The van der Waals surface area contributed by atoms with E-state index in [1.54, 1.807) is 12.1 Å². The van der Waals surface area contributed by atoms with Crippen molar-refractivity contribution in [2.75, 3.05) is 21.3 Å². The zero-order valence-corrected chi connectivity index (χ0v) is 11.0. The van der Waals surface area contributed by atoms with Gasteiger partial charge < -0.3 is 14.2 Å². The Kier molecular flexibility index (Phi) is 4.63. The molecular weight excluding hydrogens is 244 g/mol. The topological polar surface area (TPSA) is 44.8 Å². The number of carbonyl (C=O) groups excluding carboxylic acids is 1. The summed E-state index contributed by atoms with van der Waals surface area (Å²) in [7, 11) is 4.56. The highest BCUT2D eigenvalue weighted by Gasteiger charge is 2.21. The molecule has 0 amide bonds. The summed E-state index contributed by atoms with van der Waals surface area (Å²) < 4.78 is 15.5. The molecule has 0 aliphatic rings. The van der Waals surface area contributed by atoms with Crippen LogP contribution in [-0.4, -0.2) is 27.1 Å². The maximum Gasteiger partial charge on any atom is 0.164 e. The lowest BCUT2D eigenvalue weighted by Crippen LogP contribution is -2.05. The van der Waals surface area contributed by atoms with Gasteiger partial charge in [0.15, 0.2) is 17.3 Å². The Bertz CT molecular complexity index is 417. The Morgan fingerprint density at radius 1 is 1.06 bits per heavy atom. The number of alkyl halides is 1. The van der Waals surface area contributed by atoms with Crippen LogP contribution >= 0.6 is 11.6 Å². The largest absolute Gasteiger partial charge is 0.496 e. The van der Waals surface area contributed by atoms with Crippen molar-refractivity contribution in [2.24, 2.45) is 0 Å². The zero-order chi connectivity index (χ0) is 13.0. The molecule has 1 atom stereocenters. The first-order chi connectivity index (χ1) is 8.04. The van der Waals surface area contributed by atoms with Gasteiger partial charge in [-0.3, -0.25) is 4.79 Å². The Hall–Kier alpha value is -1.42. The maximum absolute atomic E-state index is 11.3. The second-order valence-corrected chi connectivity index (χ2v) is 3.86. The van der Waals surface area contributed by atoms with Crippen molar-refractivity contribution in [3.8, 4) is 17.2 Å². The van der Waals surface area contributed by atoms with E-state index >= 15 is 0 Å². The fourth-order valence-electron chi connectivity index (χ4n) is 1.47. The summed E-state index contributed by atoms with van der Waals surface area (Å²) in [6.07, 6.45) is 0. The minimum atomic E-state index is -0.759. The van der Waals surface area contributed by atoms with Crippen molar-refractivity contribution in [1.82, 2.24) is 0 Å². The summed E-state index contributed by atoms with van der Waals surface area (Å²) in [4.78, 5) is 11.3. The van der Waals surface area contributed by atoms with Crippen LogP contribution in [0.2, 0.25) is 0 Å². The van der Waals surface area contributed by atoms with Gasteiger partial charge in [-0.2, -0.15) is 0 Å². The average Bonchev–Trinajstić information content (AvgIpc) is 2.35. The molecule has 0 fully saturated rings. The van der Waals surface area contributed by atoms with Crippen LogP contribution in [-0.2, 0) is 4.79 Å². The summed E-state index contributed by atoms with van der Waals surface area (Å²) >= 11 is 6.02. The van der Waals surface area contributed by atoms with Gasteiger partial charge in [-0.1, -0.05) is 0 Å². The Morgan fingerprint density at radius 2 is 1.53 bits per heavy atom. The Balaban J connectivity index is 3.33. The van der Waals surface area contributed by atoms with Gasteiger partial charge in [-0.15, -0.1) is 11.6 Å². The van der Waals surface area contributed by atoms with E-state index in [1.807, 2.05) is 0 Å². The highest BCUT2D eigenvalue weighted by Crippen LogP contribution is 2.39. The van der Waals surface area contributed by atoms with Gasteiger partial charge >= 0.3 is 0 Å². The zero-order valence-electron chi connectivity index (χ0n) is 10.2. The molecule has 0 radical (unpaired) electrons. The van der Waals surface area contributed by atoms with E-state index in [4.69, 9.17) is 25.8 Å². The lowest BCUT2D eigenvalue weighted by atomic mass is 10.1. The molecule has 0 spiro atoms. The summed E-state index contributed by atoms with van der Waals surface area (Å²) in [6, 6.07) is 3.29. The van der Waals surface area contributed by atoms with Crippen molar-refractivity contribution in [2.45, 2.75) is 12.3 Å². The molecule has 0 saturated heterocycles. The van der Waals surface area contributed by atoms with Crippen LogP contribution in [0, 0.1) is 0 Å². The lowest BCUT2D eigenvalue weighted by Gasteiger charge is -2.15. The number of ketones is 1. The van der Waals surface area contributed by atoms with Crippen LogP contribution in [0.25, 0.3) is 0 Å². The molecule has 17 heavy (non-hydrogen) atoms. The van der Waals surface area contributed by atoms with Gasteiger partial charge in [-0.05, 0) is 13.0 Å². The molecule has 0 heterocycles. The summed E-state index contributed by atoms with van der Waals surface area (Å²) in [5.74, 6) is 1.38. The van der Waals surface area contributed by atoms with Gasteiger partial charge in [0.05, 0.1) is 21.3 Å². The number of rotatable bonds is 5. The molecule has 1 unspecified atom stereocenters. The summed E-state index contributed by atoms with van der Waals surface area (Å²) in [5, 5.41) is -0.759. The van der Waals surface area contributed by atoms with Gasteiger partial charge in [-0.25, -0.2) is 0 Å². The van der Waals surface area contributed by atoms with Gasteiger partial charge in [0.1, 0.15) is 11.1 Å². The molecular formula is C12H15ClO4. The third-order valence-corrected chi connectivity index (χ3v) is 2.91. The Labute approximate surface area is 105 Å². The lowest BCUT2D eigenvalue weighted by molar-refractivity contribution is -0.116. The van der Waals surface area contributed by atoms with Crippen molar-refractivity contribution >= 4 is 17.4 Å². The molecule has 94 valence electrons. The van der Waals surface area contributed by atoms with E-state index < -0.39 is 5.38 Å². The maximum atomic E-state index is 11.3. The molecule has 0 bridgehead atoms. The number of hydrogen-bond acceptors (Lipinski definition) is 4. The normalized spacial score (nSPS) is 11.8. The van der Waals surface area contributed by atoms with Crippen molar-refractivity contribution in [1.29, 1.82) is 0 Å². The minimum absolute atomic E-state index is 0.155. The molecule has 4 nitrogen and oxygen atoms in total. The number of benzene rings is 1. The van der Waals surface area contributed by atoms with E-state index in [-0.39, 0.29) is 5.78 Å². The van der Waals surface area contributed by atoms with Gasteiger partial charge in [0.2, 0.25) is 0 Å².